The second-order valence-electron chi connectivity index (χ2n) is 4.91. The van der Waals surface area contributed by atoms with Gasteiger partial charge in [0.1, 0.15) is 12.9 Å². The van der Waals surface area contributed by atoms with Crippen molar-refractivity contribution in [2.45, 2.75) is 44.5 Å². The second kappa shape index (κ2) is 9.78. The van der Waals surface area contributed by atoms with Gasteiger partial charge in [-0.05, 0) is 6.92 Å². The van der Waals surface area contributed by atoms with Crippen LogP contribution in [0.4, 0.5) is 8.78 Å². The highest BCUT2D eigenvalue weighted by Crippen LogP contribution is 2.24. The Morgan fingerprint density at radius 2 is 1.95 bits per heavy atom. The fraction of sp³-hybridized carbons (Fsp3) is 0.600. The molecule has 4 nitrogen and oxygen atoms in total. The monoisotopic (exact) mass is 304 g/mol. The molecular formula is C15H22F2O4. The Kier molecular flexibility index (Phi) is 8.37. The Bertz CT molecular complexity index is 375. The average Bonchev–Trinajstić information content (AvgIpc) is 2.46. The van der Waals surface area contributed by atoms with Gasteiger partial charge in [0.25, 0.3) is 6.43 Å². The molecule has 0 radical (unpaired) electrons. The molecule has 21 heavy (non-hydrogen) atoms. The molecule has 1 heterocycles. The Morgan fingerprint density at radius 1 is 1.29 bits per heavy atom. The first-order valence-corrected chi connectivity index (χ1v) is 6.84. The minimum atomic E-state index is -2.60. The summed E-state index contributed by atoms with van der Waals surface area (Å²) >= 11 is 0. The lowest BCUT2D eigenvalue weighted by molar-refractivity contribution is -0.171. The van der Waals surface area contributed by atoms with Crippen LogP contribution in [0.1, 0.15) is 18.4 Å². The van der Waals surface area contributed by atoms with Gasteiger partial charge in [-0.2, -0.15) is 0 Å². The minimum Gasteiger partial charge on any atom is -0.393 e. The van der Waals surface area contributed by atoms with Crippen molar-refractivity contribution in [3.63, 3.8) is 0 Å². The third kappa shape index (κ3) is 7.47. The Labute approximate surface area is 123 Å². The van der Waals surface area contributed by atoms with E-state index in [-0.39, 0.29) is 19.4 Å². The highest BCUT2D eigenvalue weighted by molar-refractivity contribution is 5.11. The standard InChI is InChI=1S/C8H14F2O4.C7H8/c9-8(10)7-2-5(12)1-6(14-7)3-13-4-11;1-7-5-3-2-4-6-7/h5-8,11-12H,1-4H2;2-6H,1H3. The van der Waals surface area contributed by atoms with E-state index >= 15 is 0 Å². The fourth-order valence-electron chi connectivity index (χ4n) is 2.01. The lowest BCUT2D eigenvalue weighted by Crippen LogP contribution is -2.41. The molecule has 0 bridgehead atoms. The number of aryl methyl sites for hydroxylation is 1. The van der Waals surface area contributed by atoms with Gasteiger partial charge in [-0.25, -0.2) is 8.78 Å². The van der Waals surface area contributed by atoms with Crippen molar-refractivity contribution in [3.05, 3.63) is 35.9 Å². The predicted molar refractivity (Wildman–Crippen MR) is 74.1 cm³/mol. The zero-order valence-corrected chi connectivity index (χ0v) is 12.0. The van der Waals surface area contributed by atoms with Crippen molar-refractivity contribution in [3.8, 4) is 0 Å². The molecule has 2 rings (SSSR count). The van der Waals surface area contributed by atoms with Crippen LogP contribution in [0.3, 0.4) is 0 Å². The molecule has 1 aliphatic heterocycles. The number of hydrogen-bond donors (Lipinski definition) is 2. The molecule has 0 aliphatic carbocycles. The normalized spacial score (nSPS) is 25.3. The maximum Gasteiger partial charge on any atom is 0.264 e. The van der Waals surface area contributed by atoms with E-state index in [0.717, 1.165) is 0 Å². The quantitative estimate of drug-likeness (QED) is 0.837. The third-order valence-electron chi connectivity index (χ3n) is 3.02. The van der Waals surface area contributed by atoms with E-state index in [4.69, 9.17) is 9.84 Å². The Morgan fingerprint density at radius 3 is 2.43 bits per heavy atom. The molecule has 1 aromatic rings. The van der Waals surface area contributed by atoms with Crippen molar-refractivity contribution in [1.29, 1.82) is 0 Å². The number of aliphatic hydroxyl groups excluding tert-OH is 2. The van der Waals surface area contributed by atoms with E-state index in [1.54, 1.807) is 0 Å². The van der Waals surface area contributed by atoms with E-state index in [1.165, 1.54) is 5.56 Å². The number of halogens is 2. The van der Waals surface area contributed by atoms with Gasteiger partial charge in [0, 0.05) is 12.8 Å². The molecule has 2 N–H and O–H groups in total. The first kappa shape index (κ1) is 18.0. The van der Waals surface area contributed by atoms with Gasteiger partial charge < -0.3 is 19.7 Å². The molecule has 0 saturated carbocycles. The van der Waals surface area contributed by atoms with Crippen LogP contribution in [0.2, 0.25) is 0 Å². The fourth-order valence-corrected chi connectivity index (χ4v) is 2.01. The number of ether oxygens (including phenoxy) is 2. The van der Waals surface area contributed by atoms with Gasteiger partial charge in [0.05, 0.1) is 18.8 Å². The van der Waals surface area contributed by atoms with Gasteiger partial charge >= 0.3 is 0 Å². The number of alkyl halides is 2. The molecule has 1 aromatic carbocycles. The van der Waals surface area contributed by atoms with Crippen LogP contribution in [0.25, 0.3) is 0 Å². The lowest BCUT2D eigenvalue weighted by atomic mass is 10.0. The lowest BCUT2D eigenvalue weighted by Gasteiger charge is -2.32. The van der Waals surface area contributed by atoms with Crippen LogP contribution in [-0.2, 0) is 9.47 Å². The van der Waals surface area contributed by atoms with E-state index in [1.807, 2.05) is 18.2 Å². The van der Waals surface area contributed by atoms with Crippen LogP contribution in [0.5, 0.6) is 0 Å². The smallest absolute Gasteiger partial charge is 0.264 e. The first-order chi connectivity index (χ1) is 10.0. The second-order valence-corrected chi connectivity index (χ2v) is 4.91. The van der Waals surface area contributed by atoms with E-state index < -0.39 is 31.5 Å². The SMILES string of the molecule is Cc1ccccc1.OCOCC1CC(O)CC(C(F)F)O1. The summed E-state index contributed by atoms with van der Waals surface area (Å²) < 4.78 is 34.1. The van der Waals surface area contributed by atoms with Gasteiger partial charge in [-0.3, -0.25) is 0 Å². The molecule has 1 saturated heterocycles. The largest absolute Gasteiger partial charge is 0.393 e. The Balaban J connectivity index is 0.000000262. The summed E-state index contributed by atoms with van der Waals surface area (Å²) in [4.78, 5) is 0. The van der Waals surface area contributed by atoms with Crippen LogP contribution in [-0.4, -0.2) is 48.4 Å². The molecule has 120 valence electrons. The Hall–Kier alpha value is -1.08. The molecule has 0 spiro atoms. The number of rotatable bonds is 4. The van der Waals surface area contributed by atoms with Gasteiger partial charge in [-0.1, -0.05) is 35.9 Å². The summed E-state index contributed by atoms with van der Waals surface area (Å²) in [6, 6.07) is 10.3. The molecule has 0 amide bonds. The van der Waals surface area contributed by atoms with Gasteiger partial charge in [0.2, 0.25) is 0 Å². The van der Waals surface area contributed by atoms with Crippen molar-refractivity contribution >= 4 is 0 Å². The highest BCUT2D eigenvalue weighted by Gasteiger charge is 2.33. The highest BCUT2D eigenvalue weighted by atomic mass is 19.3. The van der Waals surface area contributed by atoms with Crippen LogP contribution < -0.4 is 0 Å². The van der Waals surface area contributed by atoms with E-state index in [9.17, 15) is 13.9 Å². The van der Waals surface area contributed by atoms with Crippen LogP contribution in [0.15, 0.2) is 30.3 Å². The van der Waals surface area contributed by atoms with E-state index in [0.29, 0.717) is 0 Å². The molecule has 0 aromatic heterocycles. The zero-order chi connectivity index (χ0) is 15.7. The summed E-state index contributed by atoms with van der Waals surface area (Å²) in [5.41, 5.74) is 1.32. The molecule has 1 aliphatic rings. The maximum atomic E-state index is 12.3. The number of hydrogen-bond acceptors (Lipinski definition) is 4. The maximum absolute atomic E-state index is 12.3. The van der Waals surface area contributed by atoms with Crippen LogP contribution >= 0.6 is 0 Å². The van der Waals surface area contributed by atoms with Crippen molar-refractivity contribution < 1.29 is 28.5 Å². The van der Waals surface area contributed by atoms with Gasteiger partial charge in [0.15, 0.2) is 0 Å². The van der Waals surface area contributed by atoms with Crippen molar-refractivity contribution in [1.82, 2.24) is 0 Å². The third-order valence-corrected chi connectivity index (χ3v) is 3.02. The van der Waals surface area contributed by atoms with Crippen molar-refractivity contribution in [2.24, 2.45) is 0 Å². The average molecular weight is 304 g/mol. The summed E-state index contributed by atoms with van der Waals surface area (Å²) in [5, 5.41) is 17.6. The number of benzene rings is 1. The first-order valence-electron chi connectivity index (χ1n) is 6.84. The minimum absolute atomic E-state index is 0.0246. The topological polar surface area (TPSA) is 58.9 Å². The van der Waals surface area contributed by atoms with E-state index in [2.05, 4.69) is 23.8 Å². The summed E-state index contributed by atoms with van der Waals surface area (Å²) in [5.74, 6) is 0. The zero-order valence-electron chi connectivity index (χ0n) is 12.0. The summed E-state index contributed by atoms with van der Waals surface area (Å²) in [6.45, 7) is 1.63. The molecule has 3 atom stereocenters. The summed E-state index contributed by atoms with van der Waals surface area (Å²) in [7, 11) is 0. The number of aliphatic hydroxyl groups is 2. The van der Waals surface area contributed by atoms with Gasteiger partial charge in [-0.15, -0.1) is 0 Å². The predicted octanol–water partition coefficient (Wildman–Crippen LogP) is 2.12. The molecule has 3 unspecified atom stereocenters. The molecule has 1 fully saturated rings. The summed E-state index contributed by atoms with van der Waals surface area (Å²) in [6.07, 6.45) is -4.95. The molecule has 6 heteroatoms. The van der Waals surface area contributed by atoms with Crippen LogP contribution in [0, 0.1) is 6.92 Å². The molecular weight excluding hydrogens is 282 g/mol. The van der Waals surface area contributed by atoms with Crippen molar-refractivity contribution in [2.75, 3.05) is 13.4 Å².